The van der Waals surface area contributed by atoms with Gasteiger partial charge >= 0.3 is 5.97 Å². The lowest BCUT2D eigenvalue weighted by Gasteiger charge is -2.33. The Kier molecular flexibility index (Phi) is 7.20. The molecule has 0 aromatic heterocycles. The van der Waals surface area contributed by atoms with Gasteiger partial charge in [0.2, 0.25) is 0 Å². The summed E-state index contributed by atoms with van der Waals surface area (Å²) in [5, 5.41) is 16.0. The lowest BCUT2D eigenvalue weighted by Crippen LogP contribution is -2.23. The minimum Gasteiger partial charge on any atom is -0.478 e. The monoisotopic (exact) mass is 477 g/mol. The van der Waals surface area contributed by atoms with Gasteiger partial charge in [0.15, 0.2) is 0 Å². The highest BCUT2D eigenvalue weighted by Gasteiger charge is 2.29. The van der Waals surface area contributed by atoms with Crippen LogP contribution in [-0.4, -0.2) is 17.6 Å². The molecule has 0 heterocycles. The summed E-state index contributed by atoms with van der Waals surface area (Å²) in [6.07, 6.45) is 4.46. The number of rotatable bonds is 8. The van der Waals surface area contributed by atoms with Crippen molar-refractivity contribution in [2.75, 3.05) is 6.54 Å². The average Bonchev–Trinajstić information content (AvgIpc) is 2.90. The van der Waals surface area contributed by atoms with Gasteiger partial charge < -0.3 is 10.4 Å². The van der Waals surface area contributed by atoms with Crippen molar-refractivity contribution in [2.45, 2.75) is 51.5 Å². The first kappa shape index (κ1) is 24.3. The Labute approximate surface area is 214 Å². The lowest BCUT2D eigenvalue weighted by atomic mass is 9.71. The largest absolute Gasteiger partial charge is 0.478 e. The molecule has 0 aliphatic heterocycles. The van der Waals surface area contributed by atoms with E-state index in [0.29, 0.717) is 17.5 Å². The summed E-state index contributed by atoms with van der Waals surface area (Å²) in [7, 11) is 0. The lowest BCUT2D eigenvalue weighted by molar-refractivity contribution is 0.0696. The molecule has 2 unspecified atom stereocenters. The molecule has 0 spiro atoms. The summed E-state index contributed by atoms with van der Waals surface area (Å²) in [5.41, 5.74) is 6.61. The van der Waals surface area contributed by atoms with Crippen LogP contribution in [0.4, 0.5) is 0 Å². The average molecular weight is 478 g/mol. The fourth-order valence-corrected chi connectivity index (χ4v) is 6.14. The Morgan fingerprint density at radius 3 is 2.53 bits per heavy atom. The van der Waals surface area contributed by atoms with Gasteiger partial charge in [-0.3, -0.25) is 0 Å². The molecule has 36 heavy (non-hydrogen) atoms. The summed E-state index contributed by atoms with van der Waals surface area (Å²) < 4.78 is 0. The van der Waals surface area contributed by atoms with Crippen LogP contribution in [0.3, 0.4) is 0 Å². The molecule has 4 aromatic rings. The fraction of sp³-hybridized carbons (Fsp3) is 0.303. The smallest absolute Gasteiger partial charge is 0.335 e. The molecular formula is C33H35NO2. The molecule has 0 saturated carbocycles. The number of benzene rings is 4. The van der Waals surface area contributed by atoms with E-state index in [4.69, 9.17) is 0 Å². The Morgan fingerprint density at radius 2 is 1.67 bits per heavy atom. The highest BCUT2D eigenvalue weighted by molar-refractivity contribution is 5.89. The normalized spacial score (nSPS) is 18.1. The zero-order valence-electron chi connectivity index (χ0n) is 21.2. The Balaban J connectivity index is 1.26. The molecule has 2 N–H and O–H groups in total. The molecule has 0 radical (unpaired) electrons. The standard InChI is InChI=1S/C33H35NO2/c1-22-27(16-8-17-28(22)33(35)36)32-21-24(20-26-12-4-6-15-31(26)32)10-9-19-34-23(2)29-18-7-13-25-11-3-5-14-30(25)29/h3-8,11-18,23-24,32,34H,9-10,19-21H2,1-2H3,(H,35,36)/t23-,24?,32?/m1/s1. The summed E-state index contributed by atoms with van der Waals surface area (Å²) >= 11 is 0. The first-order valence-electron chi connectivity index (χ1n) is 13.1. The van der Waals surface area contributed by atoms with Crippen molar-refractivity contribution in [1.29, 1.82) is 0 Å². The number of fused-ring (bicyclic) bond motifs is 2. The summed E-state index contributed by atoms with van der Waals surface area (Å²) in [4.78, 5) is 11.8. The second-order valence-electron chi connectivity index (χ2n) is 10.3. The number of aromatic carboxylic acids is 1. The fourth-order valence-electron chi connectivity index (χ4n) is 6.14. The third-order valence-corrected chi connectivity index (χ3v) is 8.02. The first-order valence-corrected chi connectivity index (χ1v) is 13.1. The van der Waals surface area contributed by atoms with Gasteiger partial charge in [-0.1, -0.05) is 78.9 Å². The summed E-state index contributed by atoms with van der Waals surface area (Å²) in [6.45, 7) is 5.21. The molecule has 3 heteroatoms. The van der Waals surface area contributed by atoms with Crippen LogP contribution in [0.15, 0.2) is 84.9 Å². The van der Waals surface area contributed by atoms with E-state index in [9.17, 15) is 9.90 Å². The van der Waals surface area contributed by atoms with E-state index < -0.39 is 5.97 Å². The van der Waals surface area contributed by atoms with E-state index in [1.54, 1.807) is 6.07 Å². The predicted octanol–water partition coefficient (Wildman–Crippen LogP) is 7.67. The summed E-state index contributed by atoms with van der Waals surface area (Å²) in [6, 6.07) is 29.9. The van der Waals surface area contributed by atoms with Crippen molar-refractivity contribution in [3.05, 3.63) is 118 Å². The van der Waals surface area contributed by atoms with Crippen LogP contribution in [0, 0.1) is 12.8 Å². The number of nitrogens with one attached hydrogen (secondary N) is 1. The van der Waals surface area contributed by atoms with Crippen LogP contribution in [0.25, 0.3) is 10.8 Å². The van der Waals surface area contributed by atoms with Gasteiger partial charge in [0.05, 0.1) is 5.56 Å². The van der Waals surface area contributed by atoms with Gasteiger partial charge in [-0.25, -0.2) is 4.79 Å². The highest BCUT2D eigenvalue weighted by Crippen LogP contribution is 2.42. The Morgan fingerprint density at radius 1 is 0.944 bits per heavy atom. The van der Waals surface area contributed by atoms with Crippen LogP contribution in [0.2, 0.25) is 0 Å². The van der Waals surface area contributed by atoms with Crippen LogP contribution in [0.5, 0.6) is 0 Å². The number of hydrogen-bond acceptors (Lipinski definition) is 2. The van der Waals surface area contributed by atoms with Crippen molar-refractivity contribution in [3.8, 4) is 0 Å². The molecule has 0 bridgehead atoms. The van der Waals surface area contributed by atoms with Gasteiger partial charge in [-0.05, 0) is 96.6 Å². The van der Waals surface area contributed by atoms with E-state index in [2.05, 4.69) is 85.0 Å². The Hall–Kier alpha value is -3.43. The van der Waals surface area contributed by atoms with E-state index in [1.807, 2.05) is 13.0 Å². The molecule has 3 atom stereocenters. The number of carbonyl (C=O) groups is 1. The highest BCUT2D eigenvalue weighted by atomic mass is 16.4. The van der Waals surface area contributed by atoms with Gasteiger partial charge in [0, 0.05) is 12.0 Å². The van der Waals surface area contributed by atoms with Crippen LogP contribution in [0.1, 0.15) is 76.3 Å². The van der Waals surface area contributed by atoms with Gasteiger partial charge in [0.25, 0.3) is 0 Å². The maximum Gasteiger partial charge on any atom is 0.335 e. The van der Waals surface area contributed by atoms with Crippen LogP contribution in [-0.2, 0) is 6.42 Å². The summed E-state index contributed by atoms with van der Waals surface area (Å²) in [5.74, 6) is -0.00403. The maximum atomic E-state index is 11.8. The van der Waals surface area contributed by atoms with E-state index >= 15 is 0 Å². The van der Waals surface area contributed by atoms with Crippen LogP contribution < -0.4 is 5.32 Å². The molecule has 3 nitrogen and oxygen atoms in total. The van der Waals surface area contributed by atoms with Crippen LogP contribution >= 0.6 is 0 Å². The number of hydrogen-bond donors (Lipinski definition) is 2. The third-order valence-electron chi connectivity index (χ3n) is 8.02. The molecule has 184 valence electrons. The topological polar surface area (TPSA) is 49.3 Å². The molecule has 0 fully saturated rings. The molecular weight excluding hydrogens is 442 g/mol. The maximum absolute atomic E-state index is 11.8. The number of carboxylic acid groups (broad SMARTS) is 1. The van der Waals surface area contributed by atoms with Gasteiger partial charge in [-0.2, -0.15) is 0 Å². The molecule has 1 aliphatic carbocycles. The molecule has 0 amide bonds. The van der Waals surface area contributed by atoms with Crippen molar-refractivity contribution < 1.29 is 9.90 Å². The zero-order chi connectivity index (χ0) is 25.1. The van der Waals surface area contributed by atoms with E-state index in [-0.39, 0.29) is 5.92 Å². The van der Waals surface area contributed by atoms with E-state index in [0.717, 1.165) is 43.4 Å². The second-order valence-corrected chi connectivity index (χ2v) is 10.3. The zero-order valence-corrected chi connectivity index (χ0v) is 21.2. The molecule has 1 aliphatic rings. The van der Waals surface area contributed by atoms with Crippen molar-refractivity contribution in [2.24, 2.45) is 5.92 Å². The molecule has 4 aromatic carbocycles. The molecule has 5 rings (SSSR count). The second kappa shape index (κ2) is 10.7. The van der Waals surface area contributed by atoms with Crippen molar-refractivity contribution in [1.82, 2.24) is 5.32 Å². The molecule has 0 saturated heterocycles. The van der Waals surface area contributed by atoms with Crippen molar-refractivity contribution >= 4 is 16.7 Å². The minimum atomic E-state index is -0.846. The SMILES string of the molecule is Cc1c(C(=O)O)cccc1C1CC(CCCN[C@H](C)c2cccc3ccccc23)Cc2ccccc21. The first-order chi connectivity index (χ1) is 17.5. The minimum absolute atomic E-state index is 0.252. The quantitative estimate of drug-likeness (QED) is 0.256. The third kappa shape index (κ3) is 4.94. The van der Waals surface area contributed by atoms with Gasteiger partial charge in [-0.15, -0.1) is 0 Å². The number of carboxylic acids is 1. The predicted molar refractivity (Wildman–Crippen MR) is 148 cm³/mol. The Bertz CT molecular complexity index is 1370. The van der Waals surface area contributed by atoms with Gasteiger partial charge in [0.1, 0.15) is 0 Å². The van der Waals surface area contributed by atoms with Crippen molar-refractivity contribution in [3.63, 3.8) is 0 Å². The van der Waals surface area contributed by atoms with E-state index in [1.165, 1.54) is 27.5 Å².